The van der Waals surface area contributed by atoms with Gasteiger partial charge in [-0.05, 0) is 65.2 Å². The fourth-order valence-corrected chi connectivity index (χ4v) is 6.57. The molecule has 1 amide bonds. The van der Waals surface area contributed by atoms with Crippen molar-refractivity contribution in [1.82, 2.24) is 10.4 Å². The highest BCUT2D eigenvalue weighted by Crippen LogP contribution is 2.47. The van der Waals surface area contributed by atoms with Crippen molar-refractivity contribution in [1.29, 1.82) is 0 Å². The number of aliphatic hydroxyl groups is 2. The second-order valence-electron chi connectivity index (χ2n) is 11.2. The van der Waals surface area contributed by atoms with E-state index in [-0.39, 0.29) is 30.5 Å². The van der Waals surface area contributed by atoms with Gasteiger partial charge in [0.25, 0.3) is 0 Å². The first kappa shape index (κ1) is 29.4. The number of rotatable bonds is 9. The van der Waals surface area contributed by atoms with Gasteiger partial charge in [-0.3, -0.25) is 9.63 Å². The Morgan fingerprint density at radius 3 is 2.69 bits per heavy atom. The predicted octanol–water partition coefficient (Wildman–Crippen LogP) is 4.15. The van der Waals surface area contributed by atoms with Gasteiger partial charge < -0.3 is 20.3 Å². The number of carbonyl (C=O) groups excluding carboxylic acids is 1. The molecule has 0 bridgehead atoms. The number of carbonyl (C=O) groups is 1. The first-order valence-corrected chi connectivity index (χ1v) is 14.1. The number of amides is 1. The van der Waals surface area contributed by atoms with Crippen molar-refractivity contribution < 1.29 is 24.6 Å². The lowest BCUT2D eigenvalue weighted by atomic mass is 9.58. The van der Waals surface area contributed by atoms with E-state index in [2.05, 4.69) is 69.1 Å². The molecule has 7 nitrogen and oxygen atoms in total. The highest BCUT2D eigenvalue weighted by Gasteiger charge is 2.51. The minimum Gasteiger partial charge on any atom is -0.488 e. The number of nitrogens with one attached hydrogen (secondary N) is 1. The van der Waals surface area contributed by atoms with Crippen molar-refractivity contribution >= 4 is 28.5 Å². The third-order valence-corrected chi connectivity index (χ3v) is 9.75. The molecular formula is C28H43IN2O5. The van der Waals surface area contributed by atoms with Crippen LogP contribution in [0.25, 0.3) is 0 Å². The average molecular weight is 615 g/mol. The number of aliphatic hydroxyl groups excluding tert-OH is 2. The molecule has 8 atom stereocenters. The first-order valence-electron chi connectivity index (χ1n) is 13.0. The Morgan fingerprint density at radius 1 is 1.39 bits per heavy atom. The molecule has 202 valence electrons. The van der Waals surface area contributed by atoms with Gasteiger partial charge in [0, 0.05) is 17.5 Å². The van der Waals surface area contributed by atoms with Gasteiger partial charge in [-0.1, -0.05) is 59.4 Å². The molecule has 36 heavy (non-hydrogen) atoms. The maximum absolute atomic E-state index is 13.9. The van der Waals surface area contributed by atoms with Gasteiger partial charge in [-0.25, -0.2) is 0 Å². The Morgan fingerprint density at radius 2 is 2.08 bits per heavy atom. The van der Waals surface area contributed by atoms with E-state index in [1.54, 1.807) is 18.1 Å². The van der Waals surface area contributed by atoms with Crippen LogP contribution in [0, 0.1) is 32.7 Å². The fourth-order valence-electron chi connectivity index (χ4n) is 5.86. The van der Waals surface area contributed by atoms with Gasteiger partial charge in [0.2, 0.25) is 5.91 Å². The molecule has 0 radical (unpaired) electrons. The summed E-state index contributed by atoms with van der Waals surface area (Å²) in [5.74, 6) is 1.18. The zero-order valence-electron chi connectivity index (χ0n) is 22.4. The third-order valence-electron chi connectivity index (χ3n) is 8.90. The summed E-state index contributed by atoms with van der Waals surface area (Å²) in [6, 6.07) is 5.12. The molecule has 2 fully saturated rings. The van der Waals surface area contributed by atoms with Crippen LogP contribution in [-0.4, -0.2) is 58.7 Å². The molecule has 1 aliphatic carbocycles. The first-order chi connectivity index (χ1) is 16.9. The van der Waals surface area contributed by atoms with E-state index in [1.807, 2.05) is 18.2 Å². The molecule has 1 aromatic carbocycles. The Labute approximate surface area is 229 Å². The maximum Gasteiger partial charge on any atom is 0.240 e. The molecule has 2 aliphatic rings. The molecule has 0 unspecified atom stereocenters. The minimum absolute atomic E-state index is 0.0318. The normalized spacial score (nSPS) is 33.2. The van der Waals surface area contributed by atoms with Crippen molar-refractivity contribution in [3.63, 3.8) is 0 Å². The van der Waals surface area contributed by atoms with Gasteiger partial charge in [-0.15, -0.1) is 0 Å². The van der Waals surface area contributed by atoms with Crippen LogP contribution in [0.3, 0.4) is 0 Å². The van der Waals surface area contributed by atoms with Crippen LogP contribution >= 0.6 is 22.6 Å². The van der Waals surface area contributed by atoms with Crippen LogP contribution in [0.5, 0.6) is 5.75 Å². The van der Waals surface area contributed by atoms with Crippen molar-refractivity contribution in [3.05, 3.63) is 40.0 Å². The van der Waals surface area contributed by atoms with Gasteiger partial charge >= 0.3 is 0 Å². The Bertz CT molecular complexity index is 923. The Kier molecular flexibility index (Phi) is 9.87. The average Bonchev–Trinajstić information content (AvgIpc) is 3.20. The molecule has 1 aliphatic heterocycles. The molecule has 0 aromatic heterocycles. The molecule has 3 rings (SSSR count). The molecule has 8 heteroatoms. The van der Waals surface area contributed by atoms with Gasteiger partial charge in [0.05, 0.1) is 22.8 Å². The summed E-state index contributed by atoms with van der Waals surface area (Å²) >= 11 is 2.22. The third kappa shape index (κ3) is 5.93. The molecule has 1 saturated heterocycles. The Hall–Kier alpha value is -1.20. The number of hydrogen-bond donors (Lipinski definition) is 3. The minimum atomic E-state index is -0.837. The van der Waals surface area contributed by atoms with Crippen molar-refractivity contribution in [2.45, 2.75) is 78.8 Å². The van der Waals surface area contributed by atoms with Gasteiger partial charge in [0.15, 0.2) is 0 Å². The van der Waals surface area contributed by atoms with E-state index in [4.69, 9.17) is 9.57 Å². The zero-order valence-corrected chi connectivity index (χ0v) is 24.6. The number of hydroxylamine groups is 2. The monoisotopic (exact) mass is 614 g/mol. The molecule has 1 aromatic rings. The summed E-state index contributed by atoms with van der Waals surface area (Å²) in [6.45, 7) is 17.1. The molecular weight excluding hydrogens is 571 g/mol. The second-order valence-corrected chi connectivity index (χ2v) is 12.4. The highest BCUT2D eigenvalue weighted by atomic mass is 127. The summed E-state index contributed by atoms with van der Waals surface area (Å²) in [5, 5.41) is 25.6. The van der Waals surface area contributed by atoms with Crippen LogP contribution < -0.4 is 10.1 Å². The quantitative estimate of drug-likeness (QED) is 0.286. The summed E-state index contributed by atoms with van der Waals surface area (Å²) < 4.78 is 6.87. The summed E-state index contributed by atoms with van der Waals surface area (Å²) in [7, 11) is 0. The largest absolute Gasteiger partial charge is 0.488 e. The molecule has 3 N–H and O–H groups in total. The van der Waals surface area contributed by atoms with E-state index in [0.29, 0.717) is 30.1 Å². The van der Waals surface area contributed by atoms with E-state index in [1.165, 1.54) is 0 Å². The lowest BCUT2D eigenvalue weighted by Crippen LogP contribution is -2.56. The Balaban J connectivity index is 1.89. The molecule has 1 heterocycles. The molecule has 1 saturated carbocycles. The van der Waals surface area contributed by atoms with Crippen molar-refractivity contribution in [2.24, 2.45) is 29.1 Å². The lowest BCUT2D eigenvalue weighted by Gasteiger charge is -2.50. The summed E-state index contributed by atoms with van der Waals surface area (Å²) in [5.41, 5.74) is 1.05. The van der Waals surface area contributed by atoms with E-state index >= 15 is 0 Å². The van der Waals surface area contributed by atoms with E-state index in [0.717, 1.165) is 15.6 Å². The number of para-hydroxylation sites is 1. The fraction of sp³-hybridized carbons (Fsp3) is 0.679. The van der Waals surface area contributed by atoms with Gasteiger partial charge in [-0.2, -0.15) is 5.06 Å². The standard InChI is InChI=1S/C28H43IN2O5/c1-8-12-35-26-20(10-9-11-21(26)29)14-31-25(24(19(5)33)23(15-32)36-31)27(34)30-22-13-16(2)28(6,7)18(4)17(22)3/h8-11,16-19,22-25,32-33H,1,12-15H2,2-7H3,(H,30,34)/t16-,17+,18+,19+,22+,23+,24-,25+/m1/s1. The number of ether oxygens (including phenoxy) is 1. The zero-order chi connectivity index (χ0) is 26.8. The van der Waals surface area contributed by atoms with Crippen LogP contribution in [0.4, 0.5) is 0 Å². The SMILES string of the molecule is C=CCOc1c(I)cccc1CN1O[C@@H](CO)[C@@H]([C@H](C)O)[C@H]1C(=O)N[C@H]1C[C@@H](C)C(C)(C)[C@@H](C)[C@@H]1C. The van der Waals surface area contributed by atoms with Crippen LogP contribution in [0.1, 0.15) is 53.5 Å². The number of nitrogens with zero attached hydrogens (tertiary/aromatic N) is 1. The number of hydrogen-bond acceptors (Lipinski definition) is 6. The molecule has 0 spiro atoms. The van der Waals surface area contributed by atoms with Crippen molar-refractivity contribution in [2.75, 3.05) is 13.2 Å². The van der Waals surface area contributed by atoms with Gasteiger partial charge in [0.1, 0.15) is 24.5 Å². The number of halogens is 1. The van der Waals surface area contributed by atoms with Crippen LogP contribution in [0.2, 0.25) is 0 Å². The number of benzene rings is 1. The summed E-state index contributed by atoms with van der Waals surface area (Å²) in [6.07, 6.45) is 1.07. The topological polar surface area (TPSA) is 91.3 Å². The summed E-state index contributed by atoms with van der Waals surface area (Å²) in [4.78, 5) is 20.0. The maximum atomic E-state index is 13.9. The van der Waals surface area contributed by atoms with E-state index in [9.17, 15) is 15.0 Å². The second kappa shape index (κ2) is 12.1. The van der Waals surface area contributed by atoms with Crippen LogP contribution in [0.15, 0.2) is 30.9 Å². The van der Waals surface area contributed by atoms with E-state index < -0.39 is 24.2 Å². The lowest BCUT2D eigenvalue weighted by molar-refractivity contribution is -0.182. The van der Waals surface area contributed by atoms with Crippen molar-refractivity contribution in [3.8, 4) is 5.75 Å². The smallest absolute Gasteiger partial charge is 0.240 e. The highest BCUT2D eigenvalue weighted by molar-refractivity contribution is 14.1. The predicted molar refractivity (Wildman–Crippen MR) is 149 cm³/mol. The van der Waals surface area contributed by atoms with Crippen LogP contribution in [-0.2, 0) is 16.2 Å².